The topological polar surface area (TPSA) is 42.3 Å². The lowest BCUT2D eigenvalue weighted by molar-refractivity contribution is 0.199. The van der Waals surface area contributed by atoms with Crippen molar-refractivity contribution in [2.45, 2.75) is 25.9 Å². The highest BCUT2D eigenvalue weighted by Crippen LogP contribution is 2.13. The second-order valence-corrected chi connectivity index (χ2v) is 4.90. The largest absolute Gasteiger partial charge is 0.383 e. The molecule has 0 amide bonds. The molecule has 0 radical (unpaired) electrons. The maximum atomic E-state index is 5.01. The molecule has 0 spiro atoms. The summed E-state index contributed by atoms with van der Waals surface area (Å²) in [7, 11) is 5.93. The fraction of sp³-hybridized carbons (Fsp3) is 0.769. The number of rotatable bonds is 9. The second-order valence-electron chi connectivity index (χ2n) is 4.90. The van der Waals surface area contributed by atoms with Gasteiger partial charge < -0.3 is 19.5 Å². The van der Waals surface area contributed by atoms with E-state index in [-0.39, 0.29) is 0 Å². The Morgan fingerprint density at radius 3 is 2.94 bits per heavy atom. The average molecular weight is 254 g/mol. The van der Waals surface area contributed by atoms with Crippen molar-refractivity contribution in [3.05, 3.63) is 18.2 Å². The Morgan fingerprint density at radius 2 is 2.28 bits per heavy atom. The summed E-state index contributed by atoms with van der Waals surface area (Å²) < 4.78 is 7.27. The third-order valence-corrected chi connectivity index (χ3v) is 3.00. The molecule has 1 aromatic rings. The van der Waals surface area contributed by atoms with Gasteiger partial charge in [-0.25, -0.2) is 4.98 Å². The number of hydrogen-bond acceptors (Lipinski definition) is 4. The van der Waals surface area contributed by atoms with E-state index in [1.54, 1.807) is 7.11 Å². The number of nitrogens with zero attached hydrogens (tertiary/aromatic N) is 3. The van der Waals surface area contributed by atoms with E-state index in [0.717, 1.165) is 32.7 Å². The SMILES string of the molecule is COCCNCc1cncn1C(C)CCN(C)C. The van der Waals surface area contributed by atoms with Gasteiger partial charge in [0.05, 0.1) is 18.6 Å². The van der Waals surface area contributed by atoms with Crippen LogP contribution in [0.25, 0.3) is 0 Å². The molecule has 0 saturated heterocycles. The van der Waals surface area contributed by atoms with Gasteiger partial charge in [-0.05, 0) is 34.0 Å². The molecule has 1 rings (SSSR count). The van der Waals surface area contributed by atoms with Gasteiger partial charge in [0.25, 0.3) is 0 Å². The molecule has 104 valence electrons. The van der Waals surface area contributed by atoms with E-state index >= 15 is 0 Å². The van der Waals surface area contributed by atoms with Gasteiger partial charge in [0.1, 0.15) is 0 Å². The zero-order chi connectivity index (χ0) is 13.4. The van der Waals surface area contributed by atoms with Gasteiger partial charge in [0, 0.05) is 32.4 Å². The quantitative estimate of drug-likeness (QED) is 0.671. The maximum Gasteiger partial charge on any atom is 0.0951 e. The summed E-state index contributed by atoms with van der Waals surface area (Å²) in [4.78, 5) is 6.46. The molecule has 18 heavy (non-hydrogen) atoms. The molecule has 5 heteroatoms. The lowest BCUT2D eigenvalue weighted by atomic mass is 10.2. The van der Waals surface area contributed by atoms with Crippen molar-refractivity contribution in [3.63, 3.8) is 0 Å². The third-order valence-electron chi connectivity index (χ3n) is 3.00. The first-order valence-corrected chi connectivity index (χ1v) is 6.50. The van der Waals surface area contributed by atoms with Crippen LogP contribution in [0.15, 0.2) is 12.5 Å². The highest BCUT2D eigenvalue weighted by molar-refractivity contribution is 4.99. The van der Waals surface area contributed by atoms with Gasteiger partial charge >= 0.3 is 0 Å². The molecule has 1 aromatic heterocycles. The Balaban J connectivity index is 2.42. The standard InChI is InChI=1S/C13H26N4O/c1-12(5-7-16(2)3)17-11-15-10-13(17)9-14-6-8-18-4/h10-12,14H,5-9H2,1-4H3. The predicted molar refractivity (Wildman–Crippen MR) is 73.7 cm³/mol. The number of imidazole rings is 1. The van der Waals surface area contributed by atoms with Crippen LogP contribution in [0, 0.1) is 0 Å². The van der Waals surface area contributed by atoms with Gasteiger partial charge in [-0.2, -0.15) is 0 Å². The molecule has 0 saturated carbocycles. The molecule has 1 unspecified atom stereocenters. The number of ether oxygens (including phenoxy) is 1. The first-order valence-electron chi connectivity index (χ1n) is 6.50. The molecular weight excluding hydrogens is 228 g/mol. The van der Waals surface area contributed by atoms with Gasteiger partial charge in [-0.1, -0.05) is 0 Å². The van der Waals surface area contributed by atoms with E-state index in [0.29, 0.717) is 6.04 Å². The maximum absolute atomic E-state index is 5.01. The highest BCUT2D eigenvalue weighted by Gasteiger charge is 2.09. The van der Waals surface area contributed by atoms with Crippen LogP contribution in [0.5, 0.6) is 0 Å². The van der Waals surface area contributed by atoms with Crippen LogP contribution in [0.4, 0.5) is 0 Å². The van der Waals surface area contributed by atoms with Gasteiger partial charge in [0.2, 0.25) is 0 Å². The summed E-state index contributed by atoms with van der Waals surface area (Å²) in [5, 5.41) is 3.35. The average Bonchev–Trinajstić information content (AvgIpc) is 2.80. The van der Waals surface area contributed by atoms with Crippen LogP contribution in [-0.2, 0) is 11.3 Å². The molecule has 1 atom stereocenters. The Bertz CT molecular complexity index is 325. The third kappa shape index (κ3) is 5.16. The summed E-state index contributed by atoms with van der Waals surface area (Å²) in [6.45, 7) is 5.79. The minimum atomic E-state index is 0.481. The molecule has 5 nitrogen and oxygen atoms in total. The summed E-state index contributed by atoms with van der Waals surface area (Å²) in [6, 6.07) is 0.481. The number of hydrogen-bond donors (Lipinski definition) is 1. The van der Waals surface area contributed by atoms with Gasteiger partial charge in [-0.15, -0.1) is 0 Å². The Kier molecular flexibility index (Phi) is 6.93. The first-order chi connectivity index (χ1) is 8.65. The first kappa shape index (κ1) is 15.1. The van der Waals surface area contributed by atoms with Gasteiger partial charge in [0.15, 0.2) is 0 Å². The molecule has 0 aromatic carbocycles. The van der Waals surface area contributed by atoms with E-state index in [1.165, 1.54) is 5.69 Å². The molecule has 1 N–H and O–H groups in total. The van der Waals surface area contributed by atoms with E-state index in [4.69, 9.17) is 4.74 Å². The van der Waals surface area contributed by atoms with Crippen molar-refractivity contribution in [1.82, 2.24) is 19.8 Å². The van der Waals surface area contributed by atoms with E-state index in [9.17, 15) is 0 Å². The van der Waals surface area contributed by atoms with Crippen molar-refractivity contribution in [2.24, 2.45) is 0 Å². The molecule has 0 fully saturated rings. The molecule has 0 aliphatic rings. The molecular formula is C13H26N4O. The van der Waals surface area contributed by atoms with Gasteiger partial charge in [-0.3, -0.25) is 0 Å². The van der Waals surface area contributed by atoms with Crippen LogP contribution in [-0.4, -0.2) is 55.4 Å². The smallest absolute Gasteiger partial charge is 0.0951 e. The highest BCUT2D eigenvalue weighted by atomic mass is 16.5. The van der Waals surface area contributed by atoms with Crippen molar-refractivity contribution < 1.29 is 4.74 Å². The monoisotopic (exact) mass is 254 g/mol. The Morgan fingerprint density at radius 1 is 1.50 bits per heavy atom. The lowest BCUT2D eigenvalue weighted by Gasteiger charge is -2.19. The van der Waals surface area contributed by atoms with Crippen LogP contribution < -0.4 is 5.32 Å². The second kappa shape index (κ2) is 8.24. The zero-order valence-corrected chi connectivity index (χ0v) is 12.0. The summed E-state index contributed by atoms with van der Waals surface area (Å²) in [5.41, 5.74) is 1.23. The van der Waals surface area contributed by atoms with Crippen molar-refractivity contribution in [1.29, 1.82) is 0 Å². The molecule has 0 aliphatic heterocycles. The normalized spacial score (nSPS) is 13.2. The van der Waals surface area contributed by atoms with Crippen LogP contribution in [0.3, 0.4) is 0 Å². The molecule has 0 bridgehead atoms. The molecule has 1 heterocycles. The fourth-order valence-electron chi connectivity index (χ4n) is 1.84. The van der Waals surface area contributed by atoms with Crippen molar-refractivity contribution in [2.75, 3.05) is 40.9 Å². The van der Waals surface area contributed by atoms with E-state index in [1.807, 2.05) is 12.5 Å². The minimum absolute atomic E-state index is 0.481. The fourth-order valence-corrected chi connectivity index (χ4v) is 1.84. The number of methoxy groups -OCH3 is 1. The van der Waals surface area contributed by atoms with E-state index < -0.39 is 0 Å². The predicted octanol–water partition coefficient (Wildman–Crippen LogP) is 1.13. The summed E-state index contributed by atoms with van der Waals surface area (Å²) in [5.74, 6) is 0. The minimum Gasteiger partial charge on any atom is -0.383 e. The van der Waals surface area contributed by atoms with Crippen LogP contribution in [0.1, 0.15) is 25.1 Å². The summed E-state index contributed by atoms with van der Waals surface area (Å²) >= 11 is 0. The van der Waals surface area contributed by atoms with Crippen LogP contribution in [0.2, 0.25) is 0 Å². The lowest BCUT2D eigenvalue weighted by Crippen LogP contribution is -2.22. The molecule has 0 aliphatic carbocycles. The number of aromatic nitrogens is 2. The van der Waals surface area contributed by atoms with Crippen LogP contribution >= 0.6 is 0 Å². The van der Waals surface area contributed by atoms with Crippen molar-refractivity contribution in [3.8, 4) is 0 Å². The number of nitrogens with one attached hydrogen (secondary N) is 1. The Labute approximate surface area is 110 Å². The summed E-state index contributed by atoms with van der Waals surface area (Å²) in [6.07, 6.45) is 4.99. The van der Waals surface area contributed by atoms with Crippen molar-refractivity contribution >= 4 is 0 Å². The Hall–Kier alpha value is -0.910. The van der Waals surface area contributed by atoms with E-state index in [2.05, 4.69) is 40.8 Å². The zero-order valence-electron chi connectivity index (χ0n) is 12.0.